The number of hydrogen-bond acceptors (Lipinski definition) is 4. The van der Waals surface area contributed by atoms with Gasteiger partial charge in [-0.3, -0.25) is 10.1 Å². The maximum absolute atomic E-state index is 10.6. The number of nitrogens with zero attached hydrogens (tertiary/aromatic N) is 2. The summed E-state index contributed by atoms with van der Waals surface area (Å²) in [6.07, 6.45) is 8.11. The summed E-state index contributed by atoms with van der Waals surface area (Å²) in [7, 11) is 1.61. The molecule has 1 unspecified atom stereocenters. The number of allylic oxidation sites excluding steroid dienone is 1. The van der Waals surface area contributed by atoms with E-state index in [0.717, 1.165) is 11.8 Å². The summed E-state index contributed by atoms with van der Waals surface area (Å²) in [5, 5.41) is 13.7. The molecule has 94 valence electrons. The highest BCUT2D eigenvalue weighted by Gasteiger charge is 2.18. The zero-order valence-corrected chi connectivity index (χ0v) is 10.5. The molecule has 0 saturated carbocycles. The Bertz CT molecular complexity index is 491. The fourth-order valence-electron chi connectivity index (χ4n) is 1.56. The van der Waals surface area contributed by atoms with Crippen molar-refractivity contribution in [3.05, 3.63) is 51.1 Å². The lowest BCUT2D eigenvalue weighted by Crippen LogP contribution is -2.16. The predicted octanol–water partition coefficient (Wildman–Crippen LogP) is 2.18. The van der Waals surface area contributed by atoms with Crippen molar-refractivity contribution in [3.8, 4) is 12.3 Å². The Balaban J connectivity index is 3.12. The minimum Gasteiger partial charge on any atom is -0.386 e. The van der Waals surface area contributed by atoms with E-state index >= 15 is 0 Å². The van der Waals surface area contributed by atoms with Gasteiger partial charge in [0.05, 0.1) is 10.6 Å². The van der Waals surface area contributed by atoms with Crippen LogP contribution in [0.1, 0.15) is 17.9 Å². The maximum Gasteiger partial charge on any atom is 0.253 e. The van der Waals surface area contributed by atoms with E-state index in [2.05, 4.69) is 16.2 Å². The fourth-order valence-corrected chi connectivity index (χ4v) is 1.67. The number of rotatable bonds is 5. The van der Waals surface area contributed by atoms with Gasteiger partial charge in [-0.05, 0) is 11.6 Å². The molecule has 0 amide bonds. The highest BCUT2D eigenvalue weighted by atomic mass is 35.5. The molecule has 1 aromatic rings. The molecular weight excluding hydrogens is 254 g/mol. The molecule has 5 nitrogen and oxygen atoms in total. The van der Waals surface area contributed by atoms with Crippen molar-refractivity contribution in [2.24, 2.45) is 0 Å². The van der Waals surface area contributed by atoms with Crippen LogP contribution >= 0.6 is 11.6 Å². The minimum absolute atomic E-state index is 0.296. The van der Waals surface area contributed by atoms with Gasteiger partial charge < -0.3 is 5.32 Å². The number of pyridine rings is 1. The summed E-state index contributed by atoms with van der Waals surface area (Å²) in [6.45, 7) is 0. The van der Waals surface area contributed by atoms with Crippen LogP contribution in [-0.4, -0.2) is 17.0 Å². The average molecular weight is 266 g/mol. The second-order valence-corrected chi connectivity index (χ2v) is 3.88. The van der Waals surface area contributed by atoms with Crippen molar-refractivity contribution in [2.45, 2.75) is 12.3 Å². The normalized spacial score (nSPS) is 12.6. The van der Waals surface area contributed by atoms with Crippen molar-refractivity contribution in [1.82, 2.24) is 10.3 Å². The lowest BCUT2D eigenvalue weighted by Gasteiger charge is -2.16. The van der Waals surface area contributed by atoms with Crippen molar-refractivity contribution in [2.75, 3.05) is 7.05 Å². The standard InChI is InChI=1S/C12H12ClN3O2/c1-3-4-10(11(14-2)8-16(17)18)9-5-6-12(13)15-7-9/h1,5-8,10,14H,4H2,2H3/b11-8+. The maximum atomic E-state index is 10.6. The van der Waals surface area contributed by atoms with Gasteiger partial charge in [-0.25, -0.2) is 4.98 Å². The largest absolute Gasteiger partial charge is 0.386 e. The van der Waals surface area contributed by atoms with E-state index in [-0.39, 0.29) is 5.92 Å². The van der Waals surface area contributed by atoms with E-state index < -0.39 is 4.92 Å². The number of nitrogens with one attached hydrogen (secondary N) is 1. The van der Waals surface area contributed by atoms with Crippen molar-refractivity contribution < 1.29 is 4.92 Å². The third kappa shape index (κ3) is 3.75. The van der Waals surface area contributed by atoms with Gasteiger partial charge >= 0.3 is 0 Å². The van der Waals surface area contributed by atoms with E-state index in [1.165, 1.54) is 0 Å². The minimum atomic E-state index is -0.515. The summed E-state index contributed by atoms with van der Waals surface area (Å²) < 4.78 is 0. The summed E-state index contributed by atoms with van der Waals surface area (Å²) in [6, 6.07) is 3.38. The van der Waals surface area contributed by atoms with Crippen LogP contribution in [0.25, 0.3) is 0 Å². The second-order valence-electron chi connectivity index (χ2n) is 3.49. The van der Waals surface area contributed by atoms with Gasteiger partial charge in [0.1, 0.15) is 5.15 Å². The zero-order valence-electron chi connectivity index (χ0n) is 9.76. The van der Waals surface area contributed by atoms with Crippen LogP contribution in [0.15, 0.2) is 30.2 Å². The first-order valence-corrected chi connectivity index (χ1v) is 5.54. The molecule has 0 bridgehead atoms. The first-order valence-electron chi connectivity index (χ1n) is 5.16. The van der Waals surface area contributed by atoms with E-state index in [9.17, 15) is 10.1 Å². The van der Waals surface area contributed by atoms with Crippen LogP contribution in [-0.2, 0) is 0 Å². The van der Waals surface area contributed by atoms with Gasteiger partial charge in [0.15, 0.2) is 0 Å². The molecule has 0 radical (unpaired) electrons. The molecule has 0 aliphatic carbocycles. The van der Waals surface area contributed by atoms with Crippen LogP contribution < -0.4 is 5.32 Å². The summed E-state index contributed by atoms with van der Waals surface area (Å²) in [5.41, 5.74) is 1.21. The Hall–Kier alpha value is -2.06. The van der Waals surface area contributed by atoms with Crippen LogP contribution in [0.5, 0.6) is 0 Å². The molecule has 1 N–H and O–H groups in total. The smallest absolute Gasteiger partial charge is 0.253 e. The molecule has 1 aromatic heterocycles. The molecule has 0 aliphatic heterocycles. The molecule has 1 atom stereocenters. The van der Waals surface area contributed by atoms with Crippen molar-refractivity contribution in [3.63, 3.8) is 0 Å². The van der Waals surface area contributed by atoms with Crippen molar-refractivity contribution >= 4 is 11.6 Å². The Morgan fingerprint density at radius 2 is 2.50 bits per heavy atom. The monoisotopic (exact) mass is 265 g/mol. The van der Waals surface area contributed by atoms with Crippen LogP contribution in [0, 0.1) is 22.5 Å². The lowest BCUT2D eigenvalue weighted by atomic mass is 9.94. The number of likely N-dealkylation sites (N-methyl/N-ethyl adjacent to an activating group) is 1. The third-order valence-corrected chi connectivity index (χ3v) is 2.61. The number of halogens is 1. The van der Waals surface area contributed by atoms with Gasteiger partial charge in [0.2, 0.25) is 0 Å². The summed E-state index contributed by atoms with van der Waals surface area (Å²) >= 11 is 5.70. The van der Waals surface area contributed by atoms with E-state index in [4.69, 9.17) is 18.0 Å². The van der Waals surface area contributed by atoms with E-state index in [0.29, 0.717) is 17.3 Å². The molecule has 6 heteroatoms. The van der Waals surface area contributed by atoms with Gasteiger partial charge in [-0.1, -0.05) is 17.7 Å². The average Bonchev–Trinajstić information content (AvgIpc) is 2.34. The molecule has 0 aromatic carbocycles. The van der Waals surface area contributed by atoms with Gasteiger partial charge in [-0.2, -0.15) is 0 Å². The quantitative estimate of drug-likeness (QED) is 0.383. The predicted molar refractivity (Wildman–Crippen MR) is 69.6 cm³/mol. The number of terminal acetylenes is 1. The Morgan fingerprint density at radius 3 is 2.94 bits per heavy atom. The van der Waals surface area contributed by atoms with E-state index in [1.54, 1.807) is 25.4 Å². The van der Waals surface area contributed by atoms with Crippen LogP contribution in [0.3, 0.4) is 0 Å². The van der Waals surface area contributed by atoms with Crippen molar-refractivity contribution in [1.29, 1.82) is 0 Å². The van der Waals surface area contributed by atoms with Gasteiger partial charge in [0.25, 0.3) is 6.20 Å². The molecular formula is C12H12ClN3O2. The van der Waals surface area contributed by atoms with Crippen LogP contribution in [0.2, 0.25) is 5.15 Å². The Morgan fingerprint density at radius 1 is 1.78 bits per heavy atom. The highest BCUT2D eigenvalue weighted by Crippen LogP contribution is 2.26. The van der Waals surface area contributed by atoms with Gasteiger partial charge in [-0.15, -0.1) is 12.3 Å². The molecule has 1 heterocycles. The molecule has 0 saturated heterocycles. The first kappa shape index (κ1) is 14.0. The SMILES string of the molecule is C#CCC(/C(=C\[N+](=O)[O-])NC)c1ccc(Cl)nc1. The highest BCUT2D eigenvalue weighted by molar-refractivity contribution is 6.29. The number of hydrogen-bond donors (Lipinski definition) is 1. The molecule has 0 fully saturated rings. The van der Waals surface area contributed by atoms with Gasteiger partial charge in [0, 0.05) is 25.6 Å². The van der Waals surface area contributed by atoms with Crippen LogP contribution in [0.4, 0.5) is 0 Å². The lowest BCUT2D eigenvalue weighted by molar-refractivity contribution is -0.404. The van der Waals surface area contributed by atoms with E-state index in [1.807, 2.05) is 0 Å². The first-order chi connectivity index (χ1) is 8.58. The molecule has 18 heavy (non-hydrogen) atoms. The second kappa shape index (κ2) is 6.62. The molecule has 1 rings (SSSR count). The molecule has 0 aliphatic rings. The zero-order chi connectivity index (χ0) is 13.5. The fraction of sp³-hybridized carbons (Fsp3) is 0.250. The third-order valence-electron chi connectivity index (χ3n) is 2.38. The Labute approximate surface area is 110 Å². The summed E-state index contributed by atoms with van der Waals surface area (Å²) in [5.74, 6) is 2.21. The summed E-state index contributed by atoms with van der Waals surface area (Å²) in [4.78, 5) is 14.0. The topological polar surface area (TPSA) is 68.1 Å². The Kier molecular flexibility index (Phi) is 5.15. The molecule has 0 spiro atoms. The number of nitro groups is 1. The number of aromatic nitrogens is 1.